The summed E-state index contributed by atoms with van der Waals surface area (Å²) in [6, 6.07) is 11.5. The Kier molecular flexibility index (Phi) is 4.81. The molecule has 0 aliphatic rings. The summed E-state index contributed by atoms with van der Waals surface area (Å²) in [5.41, 5.74) is 1.18. The van der Waals surface area contributed by atoms with E-state index in [1.165, 1.54) is 12.1 Å². The molecule has 0 atom stereocenters. The standard InChI is InChI=1S/C19H16O5S/c1-11-16(20)8-7-15-13(9-17(21)24-18(11)15)10-23-19(22)12-3-5-14(25-2)6-4-12/h3-9,20H,10H2,1-2H3. The molecule has 0 aliphatic carbocycles. The molecule has 128 valence electrons. The molecule has 0 amide bonds. The third kappa shape index (κ3) is 3.53. The van der Waals surface area contributed by atoms with E-state index < -0.39 is 11.6 Å². The van der Waals surface area contributed by atoms with Crippen molar-refractivity contribution in [2.75, 3.05) is 6.26 Å². The molecule has 2 aromatic carbocycles. The monoisotopic (exact) mass is 356 g/mol. The van der Waals surface area contributed by atoms with Crippen molar-refractivity contribution in [1.82, 2.24) is 0 Å². The number of carbonyl (C=O) groups is 1. The highest BCUT2D eigenvalue weighted by Gasteiger charge is 2.13. The highest BCUT2D eigenvalue weighted by molar-refractivity contribution is 7.98. The van der Waals surface area contributed by atoms with Crippen molar-refractivity contribution in [2.45, 2.75) is 18.4 Å². The minimum Gasteiger partial charge on any atom is -0.508 e. The van der Waals surface area contributed by atoms with Crippen molar-refractivity contribution in [3.05, 3.63) is 69.6 Å². The smallest absolute Gasteiger partial charge is 0.338 e. The number of phenolic OH excluding ortho intramolecular Hbond substituents is 1. The molecular formula is C19H16O5S. The molecule has 3 rings (SSSR count). The van der Waals surface area contributed by atoms with Crippen molar-refractivity contribution >= 4 is 28.7 Å². The van der Waals surface area contributed by atoms with Gasteiger partial charge in [-0.25, -0.2) is 9.59 Å². The lowest BCUT2D eigenvalue weighted by atomic mass is 10.1. The van der Waals surface area contributed by atoms with Gasteiger partial charge in [-0.2, -0.15) is 0 Å². The molecule has 1 aromatic heterocycles. The molecule has 1 heterocycles. The lowest BCUT2D eigenvalue weighted by Crippen LogP contribution is -2.08. The molecule has 6 heteroatoms. The summed E-state index contributed by atoms with van der Waals surface area (Å²) in [6.45, 7) is 1.60. The quantitative estimate of drug-likeness (QED) is 0.434. The first kappa shape index (κ1) is 17.1. The fraction of sp³-hybridized carbons (Fsp3) is 0.158. The summed E-state index contributed by atoms with van der Waals surface area (Å²) in [7, 11) is 0. The van der Waals surface area contributed by atoms with Crippen molar-refractivity contribution in [3.63, 3.8) is 0 Å². The Morgan fingerprint density at radius 2 is 1.92 bits per heavy atom. The van der Waals surface area contributed by atoms with Crippen LogP contribution in [0.1, 0.15) is 21.5 Å². The maximum atomic E-state index is 12.2. The second-order valence-corrected chi connectivity index (χ2v) is 6.36. The van der Waals surface area contributed by atoms with Crippen LogP contribution in [0.4, 0.5) is 0 Å². The van der Waals surface area contributed by atoms with E-state index in [0.29, 0.717) is 27.7 Å². The van der Waals surface area contributed by atoms with Crippen LogP contribution in [0.3, 0.4) is 0 Å². The van der Waals surface area contributed by atoms with Gasteiger partial charge in [0.05, 0.1) is 5.56 Å². The molecule has 0 fully saturated rings. The van der Waals surface area contributed by atoms with E-state index >= 15 is 0 Å². The lowest BCUT2D eigenvalue weighted by Gasteiger charge is -2.09. The highest BCUT2D eigenvalue weighted by Crippen LogP contribution is 2.27. The third-order valence-corrected chi connectivity index (χ3v) is 4.65. The normalized spacial score (nSPS) is 10.8. The molecule has 0 radical (unpaired) electrons. The number of carbonyl (C=O) groups excluding carboxylic acids is 1. The first-order chi connectivity index (χ1) is 12.0. The van der Waals surface area contributed by atoms with E-state index in [1.54, 1.807) is 36.9 Å². The number of aromatic hydroxyl groups is 1. The van der Waals surface area contributed by atoms with E-state index in [-0.39, 0.29) is 12.4 Å². The first-order valence-corrected chi connectivity index (χ1v) is 8.78. The first-order valence-electron chi connectivity index (χ1n) is 7.56. The summed E-state index contributed by atoms with van der Waals surface area (Å²) in [5, 5.41) is 10.4. The van der Waals surface area contributed by atoms with E-state index in [9.17, 15) is 14.7 Å². The van der Waals surface area contributed by atoms with Crippen molar-refractivity contribution in [3.8, 4) is 5.75 Å². The van der Waals surface area contributed by atoms with E-state index in [0.717, 1.165) is 4.90 Å². The molecule has 0 aliphatic heterocycles. The summed E-state index contributed by atoms with van der Waals surface area (Å²) in [4.78, 5) is 25.0. The average molecular weight is 356 g/mol. The SMILES string of the molecule is CSc1ccc(C(=O)OCc2cc(=O)oc3c(C)c(O)ccc23)cc1. The van der Waals surface area contributed by atoms with Crippen molar-refractivity contribution in [1.29, 1.82) is 0 Å². The predicted molar refractivity (Wildman–Crippen MR) is 96.2 cm³/mol. The van der Waals surface area contributed by atoms with Crippen molar-refractivity contribution < 1.29 is 19.1 Å². The third-order valence-electron chi connectivity index (χ3n) is 3.90. The maximum Gasteiger partial charge on any atom is 0.338 e. The van der Waals surface area contributed by atoms with Crippen LogP contribution in [0.2, 0.25) is 0 Å². The summed E-state index contributed by atoms with van der Waals surface area (Å²) < 4.78 is 10.5. The molecule has 5 nitrogen and oxygen atoms in total. The number of rotatable bonds is 4. The topological polar surface area (TPSA) is 76.7 Å². The number of hydrogen-bond donors (Lipinski definition) is 1. The van der Waals surface area contributed by atoms with Gasteiger partial charge < -0.3 is 14.3 Å². The fourth-order valence-corrected chi connectivity index (χ4v) is 2.90. The lowest BCUT2D eigenvalue weighted by molar-refractivity contribution is 0.0473. The van der Waals surface area contributed by atoms with Crippen LogP contribution in [-0.2, 0) is 11.3 Å². The Morgan fingerprint density at radius 3 is 2.60 bits per heavy atom. The van der Waals surface area contributed by atoms with Gasteiger partial charge in [-0.3, -0.25) is 0 Å². The van der Waals surface area contributed by atoms with Crippen LogP contribution < -0.4 is 5.63 Å². The maximum absolute atomic E-state index is 12.2. The molecule has 0 bridgehead atoms. The Labute approximate surface area is 148 Å². The van der Waals surface area contributed by atoms with Crippen LogP contribution in [-0.4, -0.2) is 17.3 Å². The molecule has 0 saturated carbocycles. The number of aryl methyl sites for hydroxylation is 1. The number of esters is 1. The number of benzene rings is 2. The number of fused-ring (bicyclic) bond motifs is 1. The Morgan fingerprint density at radius 1 is 1.20 bits per heavy atom. The van der Waals surface area contributed by atoms with Gasteiger partial charge in [0.15, 0.2) is 0 Å². The van der Waals surface area contributed by atoms with Gasteiger partial charge in [-0.15, -0.1) is 11.8 Å². The largest absolute Gasteiger partial charge is 0.508 e. The number of phenols is 1. The second-order valence-electron chi connectivity index (χ2n) is 5.48. The number of thioether (sulfide) groups is 1. The molecule has 0 saturated heterocycles. The zero-order valence-corrected chi connectivity index (χ0v) is 14.6. The molecule has 1 N–H and O–H groups in total. The van der Waals surface area contributed by atoms with Crippen LogP contribution in [0.5, 0.6) is 5.75 Å². The highest BCUT2D eigenvalue weighted by atomic mass is 32.2. The fourth-order valence-electron chi connectivity index (χ4n) is 2.49. The van der Waals surface area contributed by atoms with E-state index in [2.05, 4.69) is 0 Å². The van der Waals surface area contributed by atoms with Crippen LogP contribution in [0.25, 0.3) is 11.0 Å². The molecule has 3 aromatic rings. The van der Waals surface area contributed by atoms with Gasteiger partial charge >= 0.3 is 11.6 Å². The Bertz CT molecular complexity index is 989. The molecular weight excluding hydrogens is 340 g/mol. The minimum absolute atomic E-state index is 0.0404. The van der Waals surface area contributed by atoms with Crippen LogP contribution in [0, 0.1) is 6.92 Å². The van der Waals surface area contributed by atoms with E-state index in [4.69, 9.17) is 9.15 Å². The number of ether oxygens (including phenoxy) is 1. The van der Waals surface area contributed by atoms with Gasteiger partial charge in [0.1, 0.15) is 17.9 Å². The molecule has 25 heavy (non-hydrogen) atoms. The van der Waals surface area contributed by atoms with Crippen molar-refractivity contribution in [2.24, 2.45) is 0 Å². The Balaban J connectivity index is 1.86. The van der Waals surface area contributed by atoms with Gasteiger partial charge in [-0.05, 0) is 49.6 Å². The second kappa shape index (κ2) is 7.03. The van der Waals surface area contributed by atoms with E-state index in [1.807, 2.05) is 18.4 Å². The van der Waals surface area contributed by atoms with Crippen LogP contribution in [0.15, 0.2) is 56.6 Å². The number of hydrogen-bond acceptors (Lipinski definition) is 6. The summed E-state index contributed by atoms with van der Waals surface area (Å²) in [6.07, 6.45) is 1.96. The average Bonchev–Trinajstić information content (AvgIpc) is 2.63. The van der Waals surface area contributed by atoms with Gasteiger partial charge in [0.25, 0.3) is 0 Å². The van der Waals surface area contributed by atoms with Crippen LogP contribution >= 0.6 is 11.8 Å². The molecule has 0 spiro atoms. The Hall–Kier alpha value is -2.73. The molecule has 0 unspecified atom stereocenters. The van der Waals surface area contributed by atoms with Gasteiger partial charge in [0.2, 0.25) is 0 Å². The van der Waals surface area contributed by atoms with Gasteiger partial charge in [-0.1, -0.05) is 0 Å². The van der Waals surface area contributed by atoms with Gasteiger partial charge in [0, 0.05) is 27.5 Å². The summed E-state index contributed by atoms with van der Waals surface area (Å²) >= 11 is 1.59. The summed E-state index contributed by atoms with van der Waals surface area (Å²) in [5.74, 6) is -0.428. The zero-order chi connectivity index (χ0) is 18.0. The zero-order valence-electron chi connectivity index (χ0n) is 13.7. The minimum atomic E-state index is -0.559. The predicted octanol–water partition coefficient (Wildman–Crippen LogP) is 3.89.